The number of nitro groups is 1. The number of phenolic OH excluding ortho intramolecular Hbond substituents is 1. The number of aromatic hydroxyl groups is 1. The molecule has 1 aliphatic rings. The molecule has 0 aliphatic carbocycles. The van der Waals surface area contributed by atoms with Crippen molar-refractivity contribution >= 4 is 0 Å². The van der Waals surface area contributed by atoms with Gasteiger partial charge in [0, 0.05) is 12.0 Å². The number of nitrogens with zero attached hydrogens (tertiary/aromatic N) is 1. The molecule has 1 N–H and O–H groups in total. The van der Waals surface area contributed by atoms with Crippen LogP contribution in [0.3, 0.4) is 0 Å². The van der Waals surface area contributed by atoms with Crippen LogP contribution in [0.2, 0.25) is 0 Å². The van der Waals surface area contributed by atoms with Gasteiger partial charge in [0.25, 0.3) is 0 Å². The lowest BCUT2D eigenvalue weighted by atomic mass is 9.84. The lowest BCUT2D eigenvalue weighted by molar-refractivity contribution is -0.427. The first-order chi connectivity index (χ1) is 12.2. The van der Waals surface area contributed by atoms with E-state index < -0.39 is 4.92 Å². The fraction of sp³-hybridized carbons (Fsp3) is 0.619. The normalized spacial score (nSPS) is 18.9. The average Bonchev–Trinajstić information content (AvgIpc) is 2.60. The van der Waals surface area contributed by atoms with Crippen molar-refractivity contribution in [1.29, 1.82) is 0 Å². The highest BCUT2D eigenvalue weighted by Crippen LogP contribution is 2.44. The molecule has 0 amide bonds. The molecule has 5 nitrogen and oxygen atoms in total. The minimum atomic E-state index is -0.390. The van der Waals surface area contributed by atoms with Gasteiger partial charge in [0.1, 0.15) is 17.1 Å². The Bertz CT molecular complexity index is 711. The smallest absolute Gasteiger partial charge is 0.239 e. The van der Waals surface area contributed by atoms with Gasteiger partial charge in [-0.2, -0.15) is 0 Å². The maximum absolute atomic E-state index is 10.5. The summed E-state index contributed by atoms with van der Waals surface area (Å²) in [6.45, 7) is 11.6. The van der Waals surface area contributed by atoms with E-state index in [9.17, 15) is 15.2 Å². The molecule has 1 unspecified atom stereocenters. The molecule has 0 spiro atoms. The third-order valence-corrected chi connectivity index (χ3v) is 5.77. The Morgan fingerprint density at radius 3 is 2.50 bits per heavy atom. The molecule has 0 fully saturated rings. The molecule has 0 saturated heterocycles. The summed E-state index contributed by atoms with van der Waals surface area (Å²) in [5, 5.41) is 20.8. The maximum Gasteiger partial charge on any atom is 0.239 e. The van der Waals surface area contributed by atoms with Gasteiger partial charge in [0.05, 0.1) is 4.92 Å². The fourth-order valence-corrected chi connectivity index (χ4v) is 3.74. The zero-order chi connectivity index (χ0) is 19.5. The zero-order valence-corrected chi connectivity index (χ0v) is 16.5. The Kier molecular flexibility index (Phi) is 6.32. The maximum atomic E-state index is 10.5. The van der Waals surface area contributed by atoms with Crippen LogP contribution in [0.15, 0.2) is 12.3 Å². The van der Waals surface area contributed by atoms with Gasteiger partial charge in [-0.05, 0) is 83.1 Å². The van der Waals surface area contributed by atoms with E-state index in [1.165, 1.54) is 0 Å². The largest absolute Gasteiger partial charge is 0.507 e. The molecule has 1 aromatic rings. The number of hydrogen-bond acceptors (Lipinski definition) is 4. The van der Waals surface area contributed by atoms with E-state index in [1.807, 2.05) is 20.8 Å². The van der Waals surface area contributed by atoms with E-state index >= 15 is 0 Å². The summed E-state index contributed by atoms with van der Waals surface area (Å²) in [5.41, 5.74) is 3.94. The Morgan fingerprint density at radius 1 is 1.19 bits per heavy atom. The van der Waals surface area contributed by atoms with Crippen LogP contribution < -0.4 is 4.74 Å². The summed E-state index contributed by atoms with van der Waals surface area (Å²) in [6, 6.07) is 0. The van der Waals surface area contributed by atoms with Crippen LogP contribution in [0.4, 0.5) is 0 Å². The number of ether oxygens (including phenoxy) is 1. The highest BCUT2D eigenvalue weighted by Gasteiger charge is 2.34. The van der Waals surface area contributed by atoms with Crippen LogP contribution in [-0.4, -0.2) is 15.6 Å². The van der Waals surface area contributed by atoms with Crippen molar-refractivity contribution in [2.45, 2.75) is 84.7 Å². The topological polar surface area (TPSA) is 72.6 Å². The highest BCUT2D eigenvalue weighted by molar-refractivity contribution is 5.58. The number of rotatable bonds is 8. The Balaban J connectivity index is 1.89. The van der Waals surface area contributed by atoms with Crippen molar-refractivity contribution in [3.63, 3.8) is 0 Å². The number of unbranched alkanes of at least 4 members (excludes halogenated alkanes) is 3. The molecule has 1 atom stereocenters. The standard InChI is InChI=1S/C21H31NO4/c1-14(22(24)25)10-8-6-7-9-12-21(5)13-11-18-17(4)19(23)15(2)16(3)20(18)26-21/h23H,1,6-13H2,2-5H3. The van der Waals surface area contributed by atoms with E-state index in [-0.39, 0.29) is 11.3 Å². The number of allylic oxidation sites excluding steroid dienone is 1. The quantitative estimate of drug-likeness (QED) is 0.375. The van der Waals surface area contributed by atoms with Crippen molar-refractivity contribution in [2.75, 3.05) is 0 Å². The van der Waals surface area contributed by atoms with E-state index in [0.717, 1.165) is 72.9 Å². The molecule has 1 aromatic carbocycles. The molecule has 5 heteroatoms. The summed E-state index contributed by atoms with van der Waals surface area (Å²) in [5.74, 6) is 1.35. The Hall–Kier alpha value is -2.04. The van der Waals surface area contributed by atoms with Gasteiger partial charge in [0.15, 0.2) is 0 Å². The number of phenols is 1. The molecule has 1 heterocycles. The predicted molar refractivity (Wildman–Crippen MR) is 104 cm³/mol. The molecule has 0 bridgehead atoms. The summed E-state index contributed by atoms with van der Waals surface area (Å²) in [6.07, 6.45) is 7.20. The third-order valence-electron chi connectivity index (χ3n) is 5.77. The Labute approximate surface area is 156 Å². The monoisotopic (exact) mass is 361 g/mol. The van der Waals surface area contributed by atoms with Gasteiger partial charge in [-0.25, -0.2) is 0 Å². The first-order valence-corrected chi connectivity index (χ1v) is 9.49. The fourth-order valence-electron chi connectivity index (χ4n) is 3.74. The van der Waals surface area contributed by atoms with E-state index in [1.54, 1.807) is 0 Å². The van der Waals surface area contributed by atoms with Gasteiger partial charge in [-0.1, -0.05) is 12.8 Å². The van der Waals surface area contributed by atoms with Crippen LogP contribution in [0.25, 0.3) is 0 Å². The summed E-state index contributed by atoms with van der Waals surface area (Å²) in [7, 11) is 0. The van der Waals surface area contributed by atoms with Crippen LogP contribution in [0.5, 0.6) is 11.5 Å². The van der Waals surface area contributed by atoms with Crippen molar-refractivity contribution in [1.82, 2.24) is 0 Å². The predicted octanol–water partition coefficient (Wildman–Crippen LogP) is 5.53. The molecule has 144 valence electrons. The molecule has 1 aliphatic heterocycles. The molecule has 0 radical (unpaired) electrons. The van der Waals surface area contributed by atoms with Gasteiger partial charge >= 0.3 is 0 Å². The number of fused-ring (bicyclic) bond motifs is 1. The number of benzene rings is 1. The van der Waals surface area contributed by atoms with Crippen molar-refractivity contribution in [2.24, 2.45) is 0 Å². The molecule has 26 heavy (non-hydrogen) atoms. The first-order valence-electron chi connectivity index (χ1n) is 9.49. The zero-order valence-electron chi connectivity index (χ0n) is 16.5. The van der Waals surface area contributed by atoms with Crippen LogP contribution in [-0.2, 0) is 6.42 Å². The summed E-state index contributed by atoms with van der Waals surface area (Å²) >= 11 is 0. The van der Waals surface area contributed by atoms with Crippen LogP contribution in [0.1, 0.15) is 74.1 Å². The lowest BCUT2D eigenvalue weighted by Gasteiger charge is -2.38. The average molecular weight is 361 g/mol. The summed E-state index contributed by atoms with van der Waals surface area (Å²) in [4.78, 5) is 10.1. The molecular formula is C21H31NO4. The van der Waals surface area contributed by atoms with Gasteiger partial charge in [0.2, 0.25) is 5.70 Å². The second-order valence-corrected chi connectivity index (χ2v) is 7.82. The van der Waals surface area contributed by atoms with Crippen molar-refractivity contribution in [3.05, 3.63) is 44.6 Å². The van der Waals surface area contributed by atoms with Gasteiger partial charge in [-0.15, -0.1) is 0 Å². The molecule has 2 rings (SSSR count). The second kappa shape index (κ2) is 8.11. The van der Waals surface area contributed by atoms with Gasteiger partial charge < -0.3 is 9.84 Å². The highest BCUT2D eigenvalue weighted by atomic mass is 16.6. The minimum Gasteiger partial charge on any atom is -0.507 e. The van der Waals surface area contributed by atoms with Crippen molar-refractivity contribution < 1.29 is 14.8 Å². The Morgan fingerprint density at radius 2 is 1.85 bits per heavy atom. The third kappa shape index (κ3) is 4.37. The van der Waals surface area contributed by atoms with Gasteiger partial charge in [-0.3, -0.25) is 10.1 Å². The van der Waals surface area contributed by atoms with Crippen LogP contribution >= 0.6 is 0 Å². The minimum absolute atomic E-state index is 0.105. The van der Waals surface area contributed by atoms with Crippen LogP contribution in [0, 0.1) is 30.9 Å². The van der Waals surface area contributed by atoms with Crippen molar-refractivity contribution in [3.8, 4) is 11.5 Å². The first kappa shape index (κ1) is 20.3. The summed E-state index contributed by atoms with van der Waals surface area (Å²) < 4.78 is 6.43. The second-order valence-electron chi connectivity index (χ2n) is 7.82. The SMILES string of the molecule is C=C(CCCCCCC1(C)CCc2c(C)c(O)c(C)c(C)c2O1)[N+](=O)[O-]. The van der Waals surface area contributed by atoms with E-state index in [0.29, 0.717) is 12.2 Å². The lowest BCUT2D eigenvalue weighted by Crippen LogP contribution is -2.37. The van der Waals surface area contributed by atoms with E-state index in [2.05, 4.69) is 13.5 Å². The molecular weight excluding hydrogens is 330 g/mol. The number of hydrogen-bond donors (Lipinski definition) is 1. The molecule has 0 saturated carbocycles. The molecule has 0 aromatic heterocycles. The van der Waals surface area contributed by atoms with E-state index in [4.69, 9.17) is 4.74 Å².